The number of nitrogens with zero attached hydrogens (tertiary/aromatic N) is 1. The van der Waals surface area contributed by atoms with E-state index in [1.165, 1.54) is 23.1 Å². The van der Waals surface area contributed by atoms with Crippen LogP contribution >= 0.6 is 0 Å². The van der Waals surface area contributed by atoms with E-state index in [0.29, 0.717) is 12.2 Å². The molecule has 0 heterocycles. The van der Waals surface area contributed by atoms with Gasteiger partial charge in [-0.15, -0.1) is 0 Å². The van der Waals surface area contributed by atoms with E-state index in [9.17, 15) is 9.18 Å². The van der Waals surface area contributed by atoms with Crippen LogP contribution in [-0.4, -0.2) is 36.2 Å². The van der Waals surface area contributed by atoms with E-state index in [4.69, 9.17) is 5.11 Å². The van der Waals surface area contributed by atoms with E-state index in [1.54, 1.807) is 7.05 Å². The van der Waals surface area contributed by atoms with Gasteiger partial charge in [0.2, 0.25) is 0 Å². The number of aliphatic hydroxyl groups excluding tert-OH is 1. The van der Waals surface area contributed by atoms with Crippen molar-refractivity contribution in [3.05, 3.63) is 29.6 Å². The fourth-order valence-electron chi connectivity index (χ4n) is 1.20. The van der Waals surface area contributed by atoms with E-state index in [0.717, 1.165) is 0 Å². The second kappa shape index (κ2) is 6.62. The first-order valence-corrected chi connectivity index (χ1v) is 5.50. The highest BCUT2D eigenvalue weighted by Crippen LogP contribution is 2.14. The van der Waals surface area contributed by atoms with Gasteiger partial charge in [0.15, 0.2) is 0 Å². The number of nitrogens with one attached hydrogen (secondary N) is 1. The predicted octanol–water partition coefficient (Wildman–Crippen LogP) is 1.65. The molecule has 0 aromatic heterocycles. The molecular formula is C13H15FN2O2. The van der Waals surface area contributed by atoms with Crippen molar-refractivity contribution < 1.29 is 14.3 Å². The van der Waals surface area contributed by atoms with Crippen molar-refractivity contribution in [2.75, 3.05) is 25.5 Å². The zero-order chi connectivity index (χ0) is 13.5. The summed E-state index contributed by atoms with van der Waals surface area (Å²) in [5.74, 6) is 4.35. The van der Waals surface area contributed by atoms with Crippen LogP contribution in [0.5, 0.6) is 0 Å². The Labute approximate surface area is 105 Å². The maximum atomic E-state index is 13.3. The van der Waals surface area contributed by atoms with Crippen molar-refractivity contribution in [3.8, 4) is 11.8 Å². The van der Waals surface area contributed by atoms with Gasteiger partial charge in [0, 0.05) is 19.3 Å². The largest absolute Gasteiger partial charge is 0.384 e. The van der Waals surface area contributed by atoms with Gasteiger partial charge in [-0.1, -0.05) is 11.8 Å². The molecule has 0 aliphatic carbocycles. The molecule has 0 saturated heterocycles. The zero-order valence-electron chi connectivity index (χ0n) is 10.3. The minimum atomic E-state index is -0.488. The van der Waals surface area contributed by atoms with Gasteiger partial charge >= 0.3 is 6.03 Å². The highest BCUT2D eigenvalue weighted by molar-refractivity contribution is 5.89. The van der Waals surface area contributed by atoms with Crippen LogP contribution in [-0.2, 0) is 0 Å². The number of hydrogen-bond donors (Lipinski definition) is 2. The Bertz CT molecular complexity index is 491. The first-order chi connectivity index (χ1) is 8.58. The number of hydrogen-bond acceptors (Lipinski definition) is 2. The van der Waals surface area contributed by atoms with Crippen LogP contribution in [0.2, 0.25) is 0 Å². The van der Waals surface area contributed by atoms with Crippen LogP contribution in [0.25, 0.3) is 0 Å². The molecule has 0 saturated carbocycles. The topological polar surface area (TPSA) is 52.6 Å². The smallest absolute Gasteiger partial charge is 0.321 e. The lowest BCUT2D eigenvalue weighted by Crippen LogP contribution is -2.30. The number of urea groups is 1. The molecule has 4 nitrogen and oxygen atoms in total. The summed E-state index contributed by atoms with van der Waals surface area (Å²) in [6, 6.07) is 3.84. The van der Waals surface area contributed by atoms with Gasteiger partial charge < -0.3 is 15.3 Å². The number of benzene rings is 1. The summed E-state index contributed by atoms with van der Waals surface area (Å²) in [6.07, 6.45) is 0. The Kier molecular flexibility index (Phi) is 5.15. The minimum absolute atomic E-state index is 0.140. The van der Waals surface area contributed by atoms with E-state index >= 15 is 0 Å². The minimum Gasteiger partial charge on any atom is -0.384 e. The predicted molar refractivity (Wildman–Crippen MR) is 67.7 cm³/mol. The number of rotatable bonds is 2. The molecule has 0 aliphatic heterocycles. The molecular weight excluding hydrogens is 235 g/mol. The number of aliphatic hydroxyl groups is 1. The number of carbonyl (C=O) groups excluding carboxylic acids is 1. The Hall–Kier alpha value is -2.06. The van der Waals surface area contributed by atoms with Crippen molar-refractivity contribution in [2.24, 2.45) is 0 Å². The molecule has 1 aromatic rings. The Morgan fingerprint density at radius 3 is 2.89 bits per heavy atom. The molecule has 0 fully saturated rings. The molecule has 18 heavy (non-hydrogen) atoms. The monoisotopic (exact) mass is 250 g/mol. The summed E-state index contributed by atoms with van der Waals surface area (Å²) in [5, 5.41) is 11.2. The number of carbonyl (C=O) groups is 1. The van der Waals surface area contributed by atoms with Gasteiger partial charge in [-0.05, 0) is 25.1 Å². The Morgan fingerprint density at radius 2 is 2.28 bits per heavy atom. The first kappa shape index (κ1) is 14.0. The molecule has 5 heteroatoms. The second-order valence-electron chi connectivity index (χ2n) is 3.60. The summed E-state index contributed by atoms with van der Waals surface area (Å²) in [7, 11) is 1.66. The maximum Gasteiger partial charge on any atom is 0.321 e. The number of halogens is 1. The molecule has 2 amide bonds. The van der Waals surface area contributed by atoms with Crippen molar-refractivity contribution in [2.45, 2.75) is 6.92 Å². The SMILES string of the molecule is CCN(C)C(=O)Nc1ccc(F)c(C#CCO)c1. The summed E-state index contributed by atoms with van der Waals surface area (Å²) in [6.45, 7) is 2.08. The first-order valence-electron chi connectivity index (χ1n) is 5.50. The van der Waals surface area contributed by atoms with Crippen molar-refractivity contribution in [1.82, 2.24) is 4.90 Å². The van der Waals surface area contributed by atoms with Crippen LogP contribution in [0.4, 0.5) is 14.9 Å². The zero-order valence-corrected chi connectivity index (χ0v) is 10.3. The molecule has 1 aromatic carbocycles. The Balaban J connectivity index is 2.88. The number of amides is 2. The molecule has 0 radical (unpaired) electrons. The van der Waals surface area contributed by atoms with Crippen LogP contribution in [0.1, 0.15) is 12.5 Å². The van der Waals surface area contributed by atoms with Crippen molar-refractivity contribution in [1.29, 1.82) is 0 Å². The van der Waals surface area contributed by atoms with Crippen molar-refractivity contribution in [3.63, 3.8) is 0 Å². The van der Waals surface area contributed by atoms with Gasteiger partial charge in [0.25, 0.3) is 0 Å². The third-order valence-corrected chi connectivity index (χ3v) is 2.34. The van der Waals surface area contributed by atoms with E-state index < -0.39 is 5.82 Å². The average Bonchev–Trinajstić information content (AvgIpc) is 2.38. The maximum absolute atomic E-state index is 13.3. The van der Waals surface area contributed by atoms with Crippen molar-refractivity contribution >= 4 is 11.7 Å². The standard InChI is InChI=1S/C13H15FN2O2/c1-3-16(2)13(18)15-11-6-7-12(14)10(9-11)5-4-8-17/h6-7,9,17H,3,8H2,1-2H3,(H,15,18). The molecule has 0 spiro atoms. The normalized spacial score (nSPS) is 9.33. The van der Waals surface area contributed by atoms with Crippen LogP contribution in [0.15, 0.2) is 18.2 Å². The van der Waals surface area contributed by atoms with Gasteiger partial charge in [0.1, 0.15) is 12.4 Å². The Morgan fingerprint density at radius 1 is 1.56 bits per heavy atom. The lowest BCUT2D eigenvalue weighted by molar-refractivity contribution is 0.224. The highest BCUT2D eigenvalue weighted by Gasteiger charge is 2.08. The molecule has 96 valence electrons. The van der Waals surface area contributed by atoms with Gasteiger partial charge in [-0.25, -0.2) is 9.18 Å². The summed E-state index contributed by atoms with van der Waals surface area (Å²) < 4.78 is 13.3. The van der Waals surface area contributed by atoms with Gasteiger partial charge in [0.05, 0.1) is 5.56 Å². The second-order valence-corrected chi connectivity index (χ2v) is 3.60. The quantitative estimate of drug-likeness (QED) is 0.784. The molecule has 1 rings (SSSR count). The highest BCUT2D eigenvalue weighted by atomic mass is 19.1. The van der Waals surface area contributed by atoms with Gasteiger partial charge in [-0.2, -0.15) is 0 Å². The summed E-state index contributed by atoms with van der Waals surface area (Å²) >= 11 is 0. The fourth-order valence-corrected chi connectivity index (χ4v) is 1.20. The van der Waals surface area contributed by atoms with E-state index in [1.807, 2.05) is 6.92 Å². The molecule has 0 aliphatic rings. The van der Waals surface area contributed by atoms with E-state index in [2.05, 4.69) is 17.2 Å². The average molecular weight is 250 g/mol. The lowest BCUT2D eigenvalue weighted by Gasteiger charge is -2.15. The third kappa shape index (κ3) is 3.75. The van der Waals surface area contributed by atoms with E-state index in [-0.39, 0.29) is 18.2 Å². The number of anilines is 1. The summed E-state index contributed by atoms with van der Waals surface area (Å²) in [4.78, 5) is 13.1. The fraction of sp³-hybridized carbons (Fsp3) is 0.308. The van der Waals surface area contributed by atoms with Crippen LogP contribution < -0.4 is 5.32 Å². The molecule has 0 bridgehead atoms. The summed E-state index contributed by atoms with van der Waals surface area (Å²) in [5.41, 5.74) is 0.602. The molecule has 2 N–H and O–H groups in total. The third-order valence-electron chi connectivity index (χ3n) is 2.34. The van der Waals surface area contributed by atoms with Gasteiger partial charge in [-0.3, -0.25) is 0 Å². The van der Waals surface area contributed by atoms with Crippen LogP contribution in [0, 0.1) is 17.7 Å². The molecule has 0 atom stereocenters. The van der Waals surface area contributed by atoms with Crippen LogP contribution in [0.3, 0.4) is 0 Å². The lowest BCUT2D eigenvalue weighted by atomic mass is 10.2. The molecule has 0 unspecified atom stereocenters.